The van der Waals surface area contributed by atoms with Crippen LogP contribution < -0.4 is 0 Å². The average Bonchev–Trinajstić information content (AvgIpc) is 2.28. The van der Waals surface area contributed by atoms with Gasteiger partial charge in [-0.25, -0.2) is 8.42 Å². The maximum Gasteiger partial charge on any atom is 0.271 e. The van der Waals surface area contributed by atoms with E-state index in [2.05, 4.69) is 6.07 Å². The van der Waals surface area contributed by atoms with E-state index >= 15 is 0 Å². The van der Waals surface area contributed by atoms with Crippen LogP contribution in [0.15, 0.2) is 24.3 Å². The molecule has 1 unspecified atom stereocenters. The molecule has 1 aromatic rings. The number of hydrogen-bond donors (Lipinski definition) is 0. The van der Waals surface area contributed by atoms with Crippen molar-refractivity contribution in [2.24, 2.45) is 0 Å². The van der Waals surface area contributed by atoms with Crippen LogP contribution in [0, 0.1) is 0 Å². The normalized spacial score (nSPS) is 19.1. The lowest BCUT2D eigenvalue weighted by Crippen LogP contribution is -2.37. The summed E-state index contributed by atoms with van der Waals surface area (Å²) in [6.07, 6.45) is 2.35. The van der Waals surface area contributed by atoms with Crippen molar-refractivity contribution in [2.45, 2.75) is 13.0 Å². The van der Waals surface area contributed by atoms with Gasteiger partial charge in [0.2, 0.25) is 0 Å². The van der Waals surface area contributed by atoms with Gasteiger partial charge in [0.1, 0.15) is 0 Å². The van der Waals surface area contributed by atoms with E-state index in [1.54, 1.807) is 6.26 Å². The highest BCUT2D eigenvalue weighted by Crippen LogP contribution is 2.21. The van der Waals surface area contributed by atoms with Gasteiger partial charge < -0.3 is 0 Å². The molecule has 1 atom stereocenters. The van der Waals surface area contributed by atoms with Crippen molar-refractivity contribution in [3.63, 3.8) is 0 Å². The minimum Gasteiger partial charge on any atom is -0.200 e. The quantitative estimate of drug-likeness (QED) is 0.756. The molecule has 1 aliphatic rings. The molecule has 0 aromatic heterocycles. The maximum absolute atomic E-state index is 11.9. The monoisotopic (exact) mass is 275 g/mol. The summed E-state index contributed by atoms with van der Waals surface area (Å²) >= 11 is 4.89. The van der Waals surface area contributed by atoms with Crippen molar-refractivity contribution in [1.82, 2.24) is 4.31 Å². The average molecular weight is 275 g/mol. The zero-order valence-electron chi connectivity index (χ0n) is 8.92. The van der Waals surface area contributed by atoms with Crippen LogP contribution in [-0.4, -0.2) is 25.5 Å². The molecule has 0 amide bonds. The van der Waals surface area contributed by atoms with E-state index in [4.69, 9.17) is 11.2 Å². The van der Waals surface area contributed by atoms with Crippen molar-refractivity contribution in [3.8, 4) is 0 Å². The third-order valence-corrected chi connectivity index (χ3v) is 8.21. The van der Waals surface area contributed by atoms with E-state index in [0.717, 1.165) is 12.0 Å². The van der Waals surface area contributed by atoms with Crippen LogP contribution in [0.3, 0.4) is 0 Å². The Hall–Kier alpha value is -0.300. The number of nitrogens with zero attached hydrogens (tertiary/aromatic N) is 1. The SMILES string of the molecule is CS(=S)S(=O)(=O)N1CCc2ccccc2C1. The first-order chi connectivity index (χ1) is 7.51. The first-order valence-corrected chi connectivity index (χ1v) is 9.44. The summed E-state index contributed by atoms with van der Waals surface area (Å²) in [6.45, 7) is 1.01. The van der Waals surface area contributed by atoms with Gasteiger partial charge in [-0.3, -0.25) is 0 Å². The Labute approximate surface area is 103 Å². The second-order valence-corrected chi connectivity index (χ2v) is 10.8. The Balaban J connectivity index is 2.30. The molecule has 0 spiro atoms. The standard InChI is InChI=1S/C10H13NO2S3/c1-15(14)16(12,13)11-7-6-9-4-2-3-5-10(9)8-11/h2-5H,6-8H2,1H3. The molecule has 2 rings (SSSR count). The van der Waals surface area contributed by atoms with E-state index < -0.39 is 17.5 Å². The summed E-state index contributed by atoms with van der Waals surface area (Å²) in [5.41, 5.74) is 2.34. The summed E-state index contributed by atoms with van der Waals surface area (Å²) in [5, 5.41) is 0. The Bertz CT molecular complexity index is 525. The third kappa shape index (κ3) is 2.20. The highest BCUT2D eigenvalue weighted by molar-refractivity contribution is 8.77. The van der Waals surface area contributed by atoms with E-state index in [0.29, 0.717) is 13.1 Å². The van der Waals surface area contributed by atoms with Crippen LogP contribution in [0.2, 0.25) is 0 Å². The number of hydrogen-bond acceptors (Lipinski definition) is 3. The minimum atomic E-state index is -3.27. The second-order valence-electron chi connectivity index (χ2n) is 3.71. The fourth-order valence-corrected chi connectivity index (χ4v) is 4.77. The maximum atomic E-state index is 11.9. The minimum absolute atomic E-state index is 0.465. The lowest BCUT2D eigenvalue weighted by Gasteiger charge is -2.27. The zero-order valence-corrected chi connectivity index (χ0v) is 11.4. The highest BCUT2D eigenvalue weighted by Gasteiger charge is 2.27. The first kappa shape index (κ1) is 12.2. The molecule has 6 heteroatoms. The van der Waals surface area contributed by atoms with Gasteiger partial charge in [-0.1, -0.05) is 24.3 Å². The Kier molecular flexibility index (Phi) is 3.44. The molecule has 0 N–H and O–H groups in total. The summed E-state index contributed by atoms with van der Waals surface area (Å²) < 4.78 is 25.4. The molecular formula is C10H13NO2S3. The number of benzene rings is 1. The van der Waals surface area contributed by atoms with Crippen molar-refractivity contribution >= 4 is 28.7 Å². The molecule has 0 saturated carbocycles. The summed E-state index contributed by atoms with van der Waals surface area (Å²) in [4.78, 5) is 0. The Morgan fingerprint density at radius 2 is 1.94 bits per heavy atom. The molecule has 3 nitrogen and oxygen atoms in total. The molecular weight excluding hydrogens is 262 g/mol. The van der Waals surface area contributed by atoms with Gasteiger partial charge >= 0.3 is 0 Å². The van der Waals surface area contributed by atoms with Gasteiger partial charge in [0.15, 0.2) is 0 Å². The van der Waals surface area contributed by atoms with E-state index in [-0.39, 0.29) is 0 Å². The predicted octanol–water partition coefficient (Wildman–Crippen LogP) is 0.999. The number of rotatable bonds is 2. The Morgan fingerprint density at radius 3 is 2.56 bits per heavy atom. The molecule has 0 bridgehead atoms. The Morgan fingerprint density at radius 1 is 1.31 bits per heavy atom. The molecule has 88 valence electrons. The van der Waals surface area contributed by atoms with Gasteiger partial charge in [0, 0.05) is 27.8 Å². The van der Waals surface area contributed by atoms with E-state index in [1.165, 1.54) is 9.87 Å². The van der Waals surface area contributed by atoms with Crippen LogP contribution >= 0.6 is 0 Å². The molecule has 1 heterocycles. The molecule has 0 saturated heterocycles. The summed E-state index contributed by atoms with van der Waals surface area (Å²) in [5.74, 6) is 0. The van der Waals surface area contributed by atoms with Gasteiger partial charge in [-0.2, -0.15) is 4.31 Å². The summed E-state index contributed by atoms with van der Waals surface area (Å²) in [7, 11) is -4.29. The van der Waals surface area contributed by atoms with Crippen LogP contribution in [0.25, 0.3) is 0 Å². The molecule has 0 aliphatic carbocycles. The van der Waals surface area contributed by atoms with Crippen molar-refractivity contribution < 1.29 is 8.42 Å². The third-order valence-electron chi connectivity index (χ3n) is 2.71. The van der Waals surface area contributed by atoms with Gasteiger partial charge in [0.05, 0.1) is 0 Å². The van der Waals surface area contributed by atoms with Crippen molar-refractivity contribution in [2.75, 3.05) is 12.8 Å². The summed E-state index contributed by atoms with van der Waals surface area (Å²) in [6, 6.07) is 7.96. The second kappa shape index (κ2) is 4.52. The lowest BCUT2D eigenvalue weighted by molar-refractivity contribution is 0.401. The smallest absolute Gasteiger partial charge is 0.200 e. The lowest BCUT2D eigenvalue weighted by atomic mass is 10.0. The van der Waals surface area contributed by atoms with Crippen molar-refractivity contribution in [1.29, 1.82) is 0 Å². The molecule has 1 aromatic carbocycles. The molecule has 0 fully saturated rings. The fourth-order valence-electron chi connectivity index (χ4n) is 1.81. The first-order valence-electron chi connectivity index (χ1n) is 4.92. The highest BCUT2D eigenvalue weighted by atomic mass is 33.4. The fraction of sp³-hybridized carbons (Fsp3) is 0.400. The number of fused-ring (bicyclic) bond motifs is 1. The zero-order chi connectivity index (χ0) is 11.8. The molecule has 1 aliphatic heterocycles. The van der Waals surface area contributed by atoms with E-state index in [9.17, 15) is 8.42 Å². The van der Waals surface area contributed by atoms with Crippen LogP contribution in [0.4, 0.5) is 0 Å². The van der Waals surface area contributed by atoms with Gasteiger partial charge in [0.25, 0.3) is 9.06 Å². The largest absolute Gasteiger partial charge is 0.271 e. The predicted molar refractivity (Wildman–Crippen MR) is 70.1 cm³/mol. The van der Waals surface area contributed by atoms with Gasteiger partial charge in [-0.15, -0.1) is 0 Å². The van der Waals surface area contributed by atoms with Crippen LogP contribution in [0.1, 0.15) is 11.1 Å². The molecule has 16 heavy (non-hydrogen) atoms. The topological polar surface area (TPSA) is 37.4 Å². The van der Waals surface area contributed by atoms with Crippen LogP contribution in [-0.2, 0) is 41.7 Å². The van der Waals surface area contributed by atoms with Crippen LogP contribution in [0.5, 0.6) is 0 Å². The van der Waals surface area contributed by atoms with E-state index in [1.807, 2.05) is 18.2 Å². The van der Waals surface area contributed by atoms with Crippen molar-refractivity contribution in [3.05, 3.63) is 35.4 Å². The van der Waals surface area contributed by atoms with Gasteiger partial charge in [-0.05, 0) is 28.7 Å². The molecule has 0 radical (unpaired) electrons.